The summed E-state index contributed by atoms with van der Waals surface area (Å²) >= 11 is 0. The minimum atomic E-state index is -0.0402. The molecule has 2 amide bonds. The van der Waals surface area contributed by atoms with Gasteiger partial charge in [0.2, 0.25) is 11.8 Å². The normalized spacial score (nSPS) is 14.5. The molecule has 1 aliphatic rings. The van der Waals surface area contributed by atoms with Gasteiger partial charge in [-0.25, -0.2) is 0 Å². The minimum absolute atomic E-state index is 0.0112. The summed E-state index contributed by atoms with van der Waals surface area (Å²) in [6, 6.07) is 26.1. The van der Waals surface area contributed by atoms with Crippen molar-refractivity contribution in [1.29, 1.82) is 0 Å². The Morgan fingerprint density at radius 1 is 0.912 bits per heavy atom. The van der Waals surface area contributed by atoms with E-state index >= 15 is 0 Å². The Morgan fingerprint density at radius 3 is 2.24 bits per heavy atom. The third-order valence-corrected chi connectivity index (χ3v) is 6.85. The van der Waals surface area contributed by atoms with Crippen LogP contribution in [0.2, 0.25) is 0 Å². The van der Waals surface area contributed by atoms with Crippen LogP contribution < -0.4 is 10.2 Å². The van der Waals surface area contributed by atoms with Crippen LogP contribution in [0.15, 0.2) is 78.9 Å². The standard InChI is InChI=1S/C30H34N2O2/c1-22-10-6-7-15-27(22)21-32(30(34)26-13-8-9-14-26)28-18-16-24(17-19-28)20-29(33)31-23(2)25-11-4-3-5-12-25/h3-7,10-12,15-19,23,26H,8-9,13-14,20-21H2,1-2H3,(H,31,33)/t23-/m0/s1. The van der Waals surface area contributed by atoms with Gasteiger partial charge in [0.1, 0.15) is 0 Å². The maximum atomic E-state index is 13.4. The summed E-state index contributed by atoms with van der Waals surface area (Å²) in [4.78, 5) is 28.0. The van der Waals surface area contributed by atoms with Gasteiger partial charge in [0.05, 0.1) is 19.0 Å². The smallest absolute Gasteiger partial charge is 0.230 e. The Balaban J connectivity index is 1.46. The monoisotopic (exact) mass is 454 g/mol. The molecule has 0 bridgehead atoms. The van der Waals surface area contributed by atoms with Crippen molar-refractivity contribution in [2.45, 2.75) is 58.5 Å². The average Bonchev–Trinajstić information content (AvgIpc) is 3.39. The number of hydrogen-bond donors (Lipinski definition) is 1. The van der Waals surface area contributed by atoms with Crippen LogP contribution >= 0.6 is 0 Å². The maximum Gasteiger partial charge on any atom is 0.230 e. The van der Waals surface area contributed by atoms with E-state index in [0.29, 0.717) is 13.0 Å². The van der Waals surface area contributed by atoms with Crippen molar-refractivity contribution in [2.75, 3.05) is 4.90 Å². The van der Waals surface area contributed by atoms with Gasteiger partial charge in [-0.3, -0.25) is 9.59 Å². The Morgan fingerprint density at radius 2 is 1.56 bits per heavy atom. The Kier molecular flexibility index (Phi) is 7.79. The van der Waals surface area contributed by atoms with E-state index in [1.807, 2.05) is 78.6 Å². The van der Waals surface area contributed by atoms with Gasteiger partial charge in [-0.15, -0.1) is 0 Å². The third-order valence-electron chi connectivity index (χ3n) is 6.85. The van der Waals surface area contributed by atoms with Crippen molar-refractivity contribution in [1.82, 2.24) is 5.32 Å². The third kappa shape index (κ3) is 5.93. The molecule has 4 heteroatoms. The van der Waals surface area contributed by atoms with Gasteiger partial charge in [0.15, 0.2) is 0 Å². The van der Waals surface area contributed by atoms with Crippen molar-refractivity contribution in [3.05, 3.63) is 101 Å². The maximum absolute atomic E-state index is 13.4. The van der Waals surface area contributed by atoms with Crippen LogP contribution in [0, 0.1) is 12.8 Å². The molecule has 1 N–H and O–H groups in total. The van der Waals surface area contributed by atoms with Gasteiger partial charge in [0.25, 0.3) is 0 Å². The summed E-state index contributed by atoms with van der Waals surface area (Å²) in [6.45, 7) is 4.65. The van der Waals surface area contributed by atoms with Crippen LogP contribution in [0.3, 0.4) is 0 Å². The summed E-state index contributed by atoms with van der Waals surface area (Å²) in [6.07, 6.45) is 4.52. The summed E-state index contributed by atoms with van der Waals surface area (Å²) in [5.74, 6) is 0.305. The number of amides is 2. The molecule has 0 radical (unpaired) electrons. The van der Waals surface area contributed by atoms with Crippen LogP contribution in [0.1, 0.15) is 60.9 Å². The first kappa shape index (κ1) is 23.7. The quantitative estimate of drug-likeness (QED) is 0.445. The van der Waals surface area contributed by atoms with Gasteiger partial charge in [-0.1, -0.05) is 79.6 Å². The molecule has 0 aromatic heterocycles. The van der Waals surface area contributed by atoms with Crippen molar-refractivity contribution < 1.29 is 9.59 Å². The van der Waals surface area contributed by atoms with Gasteiger partial charge in [-0.2, -0.15) is 0 Å². The number of nitrogens with one attached hydrogen (secondary N) is 1. The Hall–Kier alpha value is -3.40. The molecule has 0 heterocycles. The molecule has 3 aromatic rings. The van der Waals surface area contributed by atoms with E-state index in [2.05, 4.69) is 24.4 Å². The summed E-state index contributed by atoms with van der Waals surface area (Å²) in [5, 5.41) is 3.07. The highest BCUT2D eigenvalue weighted by Crippen LogP contribution is 2.30. The molecule has 34 heavy (non-hydrogen) atoms. The largest absolute Gasteiger partial charge is 0.349 e. The summed E-state index contributed by atoms with van der Waals surface area (Å²) < 4.78 is 0. The van der Waals surface area contributed by atoms with E-state index < -0.39 is 0 Å². The van der Waals surface area contributed by atoms with Gasteiger partial charge in [-0.05, 0) is 61.1 Å². The Bertz CT molecular complexity index is 1100. The highest BCUT2D eigenvalue weighted by atomic mass is 16.2. The molecule has 3 aromatic carbocycles. The zero-order valence-corrected chi connectivity index (χ0v) is 20.2. The lowest BCUT2D eigenvalue weighted by atomic mass is 10.0. The van der Waals surface area contributed by atoms with Gasteiger partial charge < -0.3 is 10.2 Å². The first-order chi connectivity index (χ1) is 16.5. The van der Waals surface area contributed by atoms with Gasteiger partial charge in [0, 0.05) is 11.6 Å². The molecule has 1 atom stereocenters. The second-order valence-electron chi connectivity index (χ2n) is 9.38. The van der Waals surface area contributed by atoms with E-state index in [-0.39, 0.29) is 23.8 Å². The number of carbonyl (C=O) groups excluding carboxylic acids is 2. The zero-order valence-electron chi connectivity index (χ0n) is 20.2. The minimum Gasteiger partial charge on any atom is -0.349 e. The number of aryl methyl sites for hydroxylation is 1. The molecule has 1 aliphatic carbocycles. The van der Waals surface area contributed by atoms with Gasteiger partial charge >= 0.3 is 0 Å². The fourth-order valence-corrected chi connectivity index (χ4v) is 4.74. The van der Waals surface area contributed by atoms with E-state index in [0.717, 1.165) is 48.1 Å². The molecular weight excluding hydrogens is 420 g/mol. The predicted octanol–water partition coefficient (Wildman–Crippen LogP) is 6.14. The van der Waals surface area contributed by atoms with Crippen molar-refractivity contribution >= 4 is 17.5 Å². The number of benzene rings is 3. The number of rotatable bonds is 8. The molecule has 0 unspecified atom stereocenters. The number of nitrogens with zero attached hydrogens (tertiary/aromatic N) is 1. The van der Waals surface area contributed by atoms with Crippen LogP contribution in [-0.2, 0) is 22.6 Å². The lowest BCUT2D eigenvalue weighted by Gasteiger charge is -2.27. The Labute approximate surface area is 203 Å². The fraction of sp³-hybridized carbons (Fsp3) is 0.333. The molecule has 0 saturated heterocycles. The number of hydrogen-bond acceptors (Lipinski definition) is 2. The second kappa shape index (κ2) is 11.1. The lowest BCUT2D eigenvalue weighted by molar-refractivity contribution is -0.122. The fourth-order valence-electron chi connectivity index (χ4n) is 4.74. The van der Waals surface area contributed by atoms with E-state index in [1.54, 1.807) is 0 Å². The average molecular weight is 455 g/mol. The van der Waals surface area contributed by atoms with Crippen LogP contribution in [0.4, 0.5) is 5.69 Å². The lowest BCUT2D eigenvalue weighted by Crippen LogP contribution is -2.35. The molecule has 176 valence electrons. The first-order valence-corrected chi connectivity index (χ1v) is 12.3. The highest BCUT2D eigenvalue weighted by molar-refractivity contribution is 5.95. The summed E-state index contributed by atoms with van der Waals surface area (Å²) in [7, 11) is 0. The van der Waals surface area contributed by atoms with Crippen LogP contribution in [0.25, 0.3) is 0 Å². The van der Waals surface area contributed by atoms with E-state index in [9.17, 15) is 9.59 Å². The van der Waals surface area contributed by atoms with Crippen molar-refractivity contribution in [3.8, 4) is 0 Å². The molecule has 1 saturated carbocycles. The second-order valence-corrected chi connectivity index (χ2v) is 9.38. The predicted molar refractivity (Wildman–Crippen MR) is 137 cm³/mol. The molecule has 0 aliphatic heterocycles. The molecule has 4 rings (SSSR count). The molecule has 1 fully saturated rings. The van der Waals surface area contributed by atoms with Crippen LogP contribution in [-0.4, -0.2) is 11.8 Å². The molecular formula is C30H34N2O2. The van der Waals surface area contributed by atoms with Crippen molar-refractivity contribution in [3.63, 3.8) is 0 Å². The molecule has 0 spiro atoms. The SMILES string of the molecule is Cc1ccccc1CN(C(=O)C1CCCC1)c1ccc(CC(=O)N[C@@H](C)c2ccccc2)cc1. The van der Waals surface area contributed by atoms with Crippen molar-refractivity contribution in [2.24, 2.45) is 5.92 Å². The number of carbonyl (C=O) groups is 2. The number of anilines is 1. The van der Waals surface area contributed by atoms with E-state index in [4.69, 9.17) is 0 Å². The van der Waals surface area contributed by atoms with Crippen LogP contribution in [0.5, 0.6) is 0 Å². The zero-order chi connectivity index (χ0) is 23.9. The highest BCUT2D eigenvalue weighted by Gasteiger charge is 2.28. The van der Waals surface area contributed by atoms with E-state index in [1.165, 1.54) is 5.56 Å². The topological polar surface area (TPSA) is 49.4 Å². The first-order valence-electron chi connectivity index (χ1n) is 12.3. The molecule has 4 nitrogen and oxygen atoms in total. The summed E-state index contributed by atoms with van der Waals surface area (Å²) in [5.41, 5.74) is 5.26.